The summed E-state index contributed by atoms with van der Waals surface area (Å²) >= 11 is 6.77. The molecular formula is C42H63ClN4O13S. The number of hydrogen-bond acceptors (Lipinski definition) is 14. The van der Waals surface area contributed by atoms with Crippen molar-refractivity contribution in [3.05, 3.63) is 58.7 Å². The largest absolute Gasteiger partial charge is 0.495 e. The third-order valence-electron chi connectivity index (χ3n) is 11.6. The number of likely N-dealkylation sites (N-methyl/N-ethyl adjacent to an activating group) is 1. The number of carbonyl (C=O) groups excluding carboxylic acids is 2. The van der Waals surface area contributed by atoms with Gasteiger partial charge in [-0.2, -0.15) is 4.31 Å². The number of nitrogens with zero attached hydrogens (tertiary/aromatic N) is 3. The van der Waals surface area contributed by atoms with Crippen LogP contribution in [-0.4, -0.2) is 132 Å². The molecule has 342 valence electrons. The number of aromatic hydroxyl groups is 2. The molecular weight excluding hydrogens is 836 g/mol. The summed E-state index contributed by atoms with van der Waals surface area (Å²) in [6.07, 6.45) is 0.866. The quantitative estimate of drug-likeness (QED) is 0.0737. The van der Waals surface area contributed by atoms with E-state index in [9.17, 15) is 38.4 Å². The lowest BCUT2D eigenvalue weighted by atomic mass is 9.85. The Morgan fingerprint density at radius 1 is 1.15 bits per heavy atom. The monoisotopic (exact) mass is 898 g/mol. The number of anilines is 1. The molecule has 1 fully saturated rings. The van der Waals surface area contributed by atoms with Crippen molar-refractivity contribution >= 4 is 39.2 Å². The summed E-state index contributed by atoms with van der Waals surface area (Å²) < 4.78 is 58.3. The second-order valence-electron chi connectivity index (χ2n) is 16.1. The number of benzene rings is 1. The first kappa shape index (κ1) is 49.9. The van der Waals surface area contributed by atoms with Crippen LogP contribution in [0, 0.1) is 5.92 Å². The zero-order valence-corrected chi connectivity index (χ0v) is 37.8. The third kappa shape index (κ3) is 12.7. The van der Waals surface area contributed by atoms with Crippen molar-refractivity contribution < 1.29 is 62.1 Å². The summed E-state index contributed by atoms with van der Waals surface area (Å²) in [7, 11) is 1.79. The number of amides is 1. The highest BCUT2D eigenvalue weighted by atomic mass is 35.5. The van der Waals surface area contributed by atoms with Gasteiger partial charge >= 0.3 is 5.97 Å². The number of epoxide rings is 1. The lowest BCUT2D eigenvalue weighted by Gasteiger charge is -2.31. The number of carbonyl (C=O) groups is 2. The molecule has 1 amide bonds. The summed E-state index contributed by atoms with van der Waals surface area (Å²) in [5.74, 6) is -2.05. The number of aliphatic hydroxyl groups is 2. The first-order valence-corrected chi connectivity index (χ1v) is 22.3. The molecule has 61 heavy (non-hydrogen) atoms. The van der Waals surface area contributed by atoms with Crippen molar-refractivity contribution in [3.63, 3.8) is 0 Å². The van der Waals surface area contributed by atoms with Crippen LogP contribution in [-0.2, 0) is 51.5 Å². The van der Waals surface area contributed by atoms with E-state index in [0.717, 1.165) is 15.4 Å². The van der Waals surface area contributed by atoms with Crippen LogP contribution in [0.3, 0.4) is 0 Å². The summed E-state index contributed by atoms with van der Waals surface area (Å²) in [6.45, 7) is 7.09. The Morgan fingerprint density at radius 2 is 1.80 bits per heavy atom. The predicted octanol–water partition coefficient (Wildman–Crippen LogP) is 3.97. The van der Waals surface area contributed by atoms with E-state index in [-0.39, 0.29) is 29.0 Å². The van der Waals surface area contributed by atoms with E-state index in [0.29, 0.717) is 50.1 Å². The third-order valence-corrected chi connectivity index (χ3v) is 14.0. The molecule has 0 radical (unpaired) electrons. The van der Waals surface area contributed by atoms with E-state index >= 15 is 0 Å². The molecule has 1 saturated heterocycles. The number of nitrogens with two attached hydrogens (primary N) is 1. The first-order valence-electron chi connectivity index (χ1n) is 20.3. The maximum Gasteiger partial charge on any atom is 0.324 e. The van der Waals surface area contributed by atoms with E-state index < -0.39 is 82.8 Å². The molecule has 0 saturated carbocycles. The van der Waals surface area contributed by atoms with Crippen molar-refractivity contribution in [2.45, 2.75) is 128 Å². The Kier molecular flexibility index (Phi) is 17.7. The second kappa shape index (κ2) is 21.6. The van der Waals surface area contributed by atoms with E-state index in [1.54, 1.807) is 38.1 Å². The van der Waals surface area contributed by atoms with Gasteiger partial charge in [-0.1, -0.05) is 55.2 Å². The average molecular weight is 900 g/mol. The number of unbranched alkanes of at least 4 members (excludes halogenated alkanes) is 3. The predicted molar refractivity (Wildman–Crippen MR) is 229 cm³/mol. The van der Waals surface area contributed by atoms with Gasteiger partial charge < -0.3 is 49.0 Å². The van der Waals surface area contributed by atoms with Crippen molar-refractivity contribution in [2.75, 3.05) is 39.0 Å². The maximum atomic E-state index is 14.2. The minimum atomic E-state index is -3.95. The normalized spacial score (nSPS) is 26.4. The summed E-state index contributed by atoms with van der Waals surface area (Å²) in [4.78, 5) is 29.5. The topological polar surface area (TPSA) is 236 Å². The number of methoxy groups -OCH3 is 2. The molecule has 19 heteroatoms. The lowest BCUT2D eigenvalue weighted by Crippen LogP contribution is -2.47. The van der Waals surface area contributed by atoms with Crippen molar-refractivity contribution in [1.29, 1.82) is 0 Å². The fraction of sp³-hybridized carbons (Fsp3) is 0.619. The van der Waals surface area contributed by atoms with Gasteiger partial charge in [0, 0.05) is 52.2 Å². The van der Waals surface area contributed by atoms with Gasteiger partial charge in [0.05, 0.1) is 43.3 Å². The number of ether oxygens (including phenoxy) is 5. The van der Waals surface area contributed by atoms with Gasteiger partial charge in [0.1, 0.15) is 34.6 Å². The fourth-order valence-electron chi connectivity index (χ4n) is 7.62. The van der Waals surface area contributed by atoms with Gasteiger partial charge in [-0.15, -0.1) is 0 Å². The number of rotatable bonds is 15. The molecule has 0 aliphatic carbocycles. The van der Waals surface area contributed by atoms with Crippen LogP contribution in [0.2, 0.25) is 5.02 Å². The SMILES string of the molecule is COc1cc2cc(c1Cl)N(C)C(=O)CC(OC(=O)C(C)N(C)S(=O)(=O)CCCCCCn1c(O)ccc1O)C1(C)OC1C(C)C(OC(N)O)CC(O)C(OC)C=CC=C(C)C2. The molecule has 6 N–H and O–H groups in total. The molecule has 2 aromatic rings. The molecule has 17 nitrogen and oxygen atoms in total. The first-order chi connectivity index (χ1) is 28.6. The smallest absolute Gasteiger partial charge is 0.324 e. The number of hydrogen-bond donors (Lipinski definition) is 5. The number of sulfonamides is 1. The highest BCUT2D eigenvalue weighted by Gasteiger charge is 2.63. The number of esters is 1. The minimum Gasteiger partial charge on any atom is -0.495 e. The zero-order chi connectivity index (χ0) is 45.4. The van der Waals surface area contributed by atoms with Crippen molar-refractivity contribution in [2.24, 2.45) is 11.7 Å². The van der Waals surface area contributed by atoms with Crippen LogP contribution in [0.25, 0.3) is 0 Å². The van der Waals surface area contributed by atoms with Crippen LogP contribution in [0.15, 0.2) is 48.1 Å². The molecule has 2 aliphatic rings. The van der Waals surface area contributed by atoms with Gasteiger partial charge in [-0.25, -0.2) is 8.42 Å². The Balaban J connectivity index is 1.60. The van der Waals surface area contributed by atoms with Crippen LogP contribution in [0.1, 0.15) is 71.8 Å². The van der Waals surface area contributed by atoms with Gasteiger partial charge in [-0.05, 0) is 57.7 Å². The highest BCUT2D eigenvalue weighted by Crippen LogP contribution is 2.48. The van der Waals surface area contributed by atoms with E-state index in [4.69, 9.17) is 41.0 Å². The van der Waals surface area contributed by atoms with E-state index in [2.05, 4.69) is 0 Å². The lowest BCUT2D eigenvalue weighted by molar-refractivity contribution is -0.161. The Morgan fingerprint density at radius 3 is 2.43 bits per heavy atom. The average Bonchev–Trinajstić information content (AvgIpc) is 3.80. The molecule has 2 aliphatic heterocycles. The van der Waals surface area contributed by atoms with Crippen LogP contribution >= 0.6 is 11.6 Å². The van der Waals surface area contributed by atoms with Crippen LogP contribution < -0.4 is 15.4 Å². The summed E-state index contributed by atoms with van der Waals surface area (Å²) in [6, 6.07) is 5.02. The van der Waals surface area contributed by atoms with Crippen LogP contribution in [0.4, 0.5) is 5.69 Å². The molecule has 9 atom stereocenters. The standard InChI is InChI=1S/C42H63ClN4O13S/c1-25-14-13-15-31(56-7)30(48)23-32(58-41(44)53)26(2)39-42(4,60-39)34(24-37(51)45(5)29-21-28(20-25)22-33(57-8)38(29)43)59-40(52)27(3)46(6)61(54,55)19-12-10-9-11-18-47-35(49)16-17-36(47)50/h13-17,21-22,26-27,30-32,34,39,41,48-50,53H,9-12,18-20,23-24,44H2,1-8H3. The Bertz CT molecular complexity index is 1970. The van der Waals surface area contributed by atoms with Crippen molar-refractivity contribution in [3.8, 4) is 17.5 Å². The summed E-state index contributed by atoms with van der Waals surface area (Å²) in [5, 5.41) is 41.3. The number of allylic oxidation sites excluding steroid dienone is 3. The number of halogens is 1. The molecule has 1 aromatic heterocycles. The van der Waals surface area contributed by atoms with Gasteiger partial charge in [0.25, 0.3) is 0 Å². The van der Waals surface area contributed by atoms with Gasteiger partial charge in [0.2, 0.25) is 22.3 Å². The minimum absolute atomic E-state index is 0.0484. The Labute approximate surface area is 363 Å². The molecule has 0 spiro atoms. The van der Waals surface area contributed by atoms with Crippen LogP contribution in [0.5, 0.6) is 17.5 Å². The van der Waals surface area contributed by atoms with Gasteiger partial charge in [-0.3, -0.25) is 19.9 Å². The van der Waals surface area contributed by atoms with E-state index in [1.807, 2.05) is 13.0 Å². The van der Waals surface area contributed by atoms with E-state index in [1.165, 1.54) is 56.8 Å². The molecule has 3 heterocycles. The molecule has 2 bridgehead atoms. The Hall–Kier alpha value is -3.72. The number of fused-ring (bicyclic) bond motifs is 3. The second-order valence-corrected chi connectivity index (χ2v) is 18.6. The molecule has 1 aromatic carbocycles. The molecule has 9 unspecified atom stereocenters. The van der Waals surface area contributed by atoms with Crippen molar-refractivity contribution in [1.82, 2.24) is 8.87 Å². The number of aromatic nitrogens is 1. The molecule has 4 rings (SSSR count). The van der Waals surface area contributed by atoms with Gasteiger partial charge in [0.15, 0.2) is 11.8 Å². The fourth-order valence-corrected chi connectivity index (χ4v) is 9.36. The highest BCUT2D eigenvalue weighted by molar-refractivity contribution is 7.89. The summed E-state index contributed by atoms with van der Waals surface area (Å²) in [5.41, 5.74) is 6.39. The maximum absolute atomic E-state index is 14.2. The zero-order valence-electron chi connectivity index (χ0n) is 36.2. The number of aliphatic hydroxyl groups excluding tert-OH is 2.